The molecule has 1 aromatic rings. The maximum Gasteiger partial charge on any atom is 0.334 e. The van der Waals surface area contributed by atoms with Gasteiger partial charge in [-0.05, 0) is 26.0 Å². The molecule has 0 aromatic heterocycles. The van der Waals surface area contributed by atoms with Crippen molar-refractivity contribution in [3.63, 3.8) is 0 Å². The van der Waals surface area contributed by atoms with E-state index in [1.54, 1.807) is 0 Å². The lowest BCUT2D eigenvalue weighted by atomic mass is 9.84. The zero-order valence-corrected chi connectivity index (χ0v) is 12.4. The molecule has 1 aromatic carbocycles. The lowest BCUT2D eigenvalue weighted by Crippen LogP contribution is -2.31. The van der Waals surface area contributed by atoms with Gasteiger partial charge in [0.05, 0.1) is 16.2 Å². The van der Waals surface area contributed by atoms with Gasteiger partial charge in [-0.15, -0.1) is 0 Å². The lowest BCUT2D eigenvalue weighted by molar-refractivity contribution is -0.431. The first-order valence-electron chi connectivity index (χ1n) is 6.25. The number of hydrogen-bond acceptors (Lipinski definition) is 4. The second-order valence-electron chi connectivity index (χ2n) is 4.84. The molecule has 1 aliphatic rings. The maximum atomic E-state index is 14.2. The van der Waals surface area contributed by atoms with Gasteiger partial charge in [-0.25, -0.2) is 9.18 Å². The van der Waals surface area contributed by atoms with Crippen LogP contribution >= 0.6 is 11.6 Å². The van der Waals surface area contributed by atoms with Gasteiger partial charge in [0.25, 0.3) is 5.70 Å². The molecular formula is C14H12ClFN2O4. The first-order chi connectivity index (χ1) is 10.2. The van der Waals surface area contributed by atoms with Gasteiger partial charge in [0, 0.05) is 16.3 Å². The molecule has 116 valence electrons. The quantitative estimate of drug-likeness (QED) is 0.658. The number of dihydropyridines is 1. The average Bonchev–Trinajstić information content (AvgIpc) is 2.36. The first kappa shape index (κ1) is 16.0. The highest BCUT2D eigenvalue weighted by Crippen LogP contribution is 2.39. The Balaban J connectivity index is 2.75. The fraction of sp³-hybridized carbons (Fsp3) is 0.214. The summed E-state index contributed by atoms with van der Waals surface area (Å²) in [5.74, 6) is -3.46. The predicted octanol–water partition coefficient (Wildman–Crippen LogP) is 3.03. The fourth-order valence-corrected chi connectivity index (χ4v) is 2.71. The first-order valence-corrected chi connectivity index (χ1v) is 6.63. The summed E-state index contributed by atoms with van der Waals surface area (Å²) in [6, 6.07) is 3.63. The van der Waals surface area contributed by atoms with Crippen LogP contribution in [0.15, 0.2) is 40.9 Å². The number of nitrogens with one attached hydrogen (secondary N) is 1. The highest BCUT2D eigenvalue weighted by Gasteiger charge is 2.41. The molecule has 2 rings (SSSR count). The number of halogens is 2. The van der Waals surface area contributed by atoms with Gasteiger partial charge in [0.15, 0.2) is 0 Å². The van der Waals surface area contributed by atoms with Gasteiger partial charge in [0.2, 0.25) is 0 Å². The Morgan fingerprint density at radius 1 is 1.41 bits per heavy atom. The van der Waals surface area contributed by atoms with Crippen LogP contribution in [0.3, 0.4) is 0 Å². The van der Waals surface area contributed by atoms with E-state index in [1.807, 2.05) is 0 Å². The van der Waals surface area contributed by atoms with Gasteiger partial charge in [0.1, 0.15) is 11.7 Å². The number of nitrogens with zero attached hydrogens (tertiary/aromatic N) is 1. The largest absolute Gasteiger partial charge is 0.478 e. The summed E-state index contributed by atoms with van der Waals surface area (Å²) in [5.41, 5.74) is -0.363. The Morgan fingerprint density at radius 2 is 2.05 bits per heavy atom. The zero-order valence-electron chi connectivity index (χ0n) is 11.7. The molecule has 0 saturated heterocycles. The summed E-state index contributed by atoms with van der Waals surface area (Å²) in [4.78, 5) is 22.2. The van der Waals surface area contributed by atoms with Crippen molar-refractivity contribution in [2.75, 3.05) is 0 Å². The smallest absolute Gasteiger partial charge is 0.334 e. The molecule has 0 bridgehead atoms. The van der Waals surface area contributed by atoms with E-state index < -0.39 is 28.3 Å². The van der Waals surface area contributed by atoms with Gasteiger partial charge in [-0.2, -0.15) is 0 Å². The Labute approximate surface area is 130 Å². The van der Waals surface area contributed by atoms with E-state index in [-0.39, 0.29) is 27.6 Å². The fourth-order valence-electron chi connectivity index (χ4n) is 2.55. The van der Waals surface area contributed by atoms with Crippen molar-refractivity contribution < 1.29 is 19.2 Å². The molecule has 0 unspecified atom stereocenters. The molecule has 0 spiro atoms. The molecule has 0 aliphatic carbocycles. The van der Waals surface area contributed by atoms with Crippen LogP contribution < -0.4 is 5.32 Å². The molecule has 2 N–H and O–H groups in total. The molecule has 1 heterocycles. The van der Waals surface area contributed by atoms with Gasteiger partial charge < -0.3 is 10.4 Å². The SMILES string of the molecule is CC1=C(C(=O)O)[C@@H](c2ccc(Cl)cc2F)C([N+](=O)[O-])=C(C)N1. The van der Waals surface area contributed by atoms with Gasteiger partial charge >= 0.3 is 5.97 Å². The van der Waals surface area contributed by atoms with Gasteiger partial charge in [-0.1, -0.05) is 17.7 Å². The van der Waals surface area contributed by atoms with Crippen LogP contribution in [0, 0.1) is 15.9 Å². The maximum absolute atomic E-state index is 14.2. The summed E-state index contributed by atoms with van der Waals surface area (Å²) >= 11 is 5.68. The molecular weight excluding hydrogens is 315 g/mol. The lowest BCUT2D eigenvalue weighted by Gasteiger charge is -2.25. The highest BCUT2D eigenvalue weighted by molar-refractivity contribution is 6.30. The van der Waals surface area contributed by atoms with Crippen molar-refractivity contribution in [3.8, 4) is 0 Å². The number of carboxylic acid groups (broad SMARTS) is 1. The summed E-state index contributed by atoms with van der Waals surface area (Å²) in [6.45, 7) is 2.92. The van der Waals surface area contributed by atoms with Crippen LogP contribution in [0.1, 0.15) is 25.3 Å². The third-order valence-electron chi connectivity index (χ3n) is 3.43. The highest BCUT2D eigenvalue weighted by atomic mass is 35.5. The third-order valence-corrected chi connectivity index (χ3v) is 3.66. The number of carboxylic acids is 1. The standard InChI is InChI=1S/C14H12ClFN2O4/c1-6-11(14(19)20)12(13(18(21)22)7(2)17-6)9-4-3-8(15)5-10(9)16/h3-5,12,17H,1-2H3,(H,19,20)/t12-/m1/s1. The number of allylic oxidation sites excluding steroid dienone is 3. The monoisotopic (exact) mass is 326 g/mol. The van der Waals surface area contributed by atoms with Crippen LogP contribution in [0.4, 0.5) is 4.39 Å². The minimum Gasteiger partial charge on any atom is -0.478 e. The Bertz CT molecular complexity index is 706. The van der Waals surface area contributed by atoms with E-state index in [1.165, 1.54) is 26.0 Å². The third kappa shape index (κ3) is 2.67. The molecule has 8 heteroatoms. The zero-order chi connectivity index (χ0) is 16.6. The van der Waals surface area contributed by atoms with Crippen molar-refractivity contribution >= 4 is 17.6 Å². The van der Waals surface area contributed by atoms with Crippen molar-refractivity contribution in [1.82, 2.24) is 5.32 Å². The predicted molar refractivity (Wildman–Crippen MR) is 77.3 cm³/mol. The summed E-state index contributed by atoms with van der Waals surface area (Å²) in [5, 5.41) is 23.5. The van der Waals surface area contributed by atoms with Crippen molar-refractivity contribution in [3.05, 3.63) is 67.4 Å². The topological polar surface area (TPSA) is 92.5 Å². The van der Waals surface area contributed by atoms with Crippen LogP contribution in [0.2, 0.25) is 5.02 Å². The molecule has 6 nitrogen and oxygen atoms in total. The Hall–Kier alpha value is -2.41. The van der Waals surface area contributed by atoms with E-state index in [2.05, 4.69) is 5.32 Å². The van der Waals surface area contributed by atoms with E-state index in [0.717, 1.165) is 6.07 Å². The Kier molecular flexibility index (Phi) is 4.18. The molecule has 0 amide bonds. The van der Waals surface area contributed by atoms with E-state index in [4.69, 9.17) is 11.6 Å². The second kappa shape index (κ2) is 5.76. The number of benzene rings is 1. The summed E-state index contributed by atoms with van der Waals surface area (Å²) < 4.78 is 14.2. The minimum absolute atomic E-state index is 0.103. The van der Waals surface area contributed by atoms with E-state index in [9.17, 15) is 24.4 Å². The molecule has 22 heavy (non-hydrogen) atoms. The van der Waals surface area contributed by atoms with E-state index in [0.29, 0.717) is 0 Å². The number of nitro groups is 1. The molecule has 1 aliphatic heterocycles. The molecule has 0 radical (unpaired) electrons. The number of carbonyl (C=O) groups is 1. The van der Waals surface area contributed by atoms with Crippen LogP contribution in [-0.2, 0) is 4.79 Å². The van der Waals surface area contributed by atoms with Crippen molar-refractivity contribution in [2.24, 2.45) is 0 Å². The summed E-state index contributed by atoms with van der Waals surface area (Å²) in [6.07, 6.45) is 0. The molecule has 0 saturated carbocycles. The van der Waals surface area contributed by atoms with Crippen LogP contribution in [-0.4, -0.2) is 16.0 Å². The molecule has 1 atom stereocenters. The average molecular weight is 327 g/mol. The normalized spacial score (nSPS) is 18.3. The van der Waals surface area contributed by atoms with Crippen molar-refractivity contribution in [2.45, 2.75) is 19.8 Å². The van der Waals surface area contributed by atoms with Gasteiger partial charge in [-0.3, -0.25) is 10.1 Å². The number of aliphatic carboxylic acids is 1. The van der Waals surface area contributed by atoms with Crippen LogP contribution in [0.25, 0.3) is 0 Å². The Morgan fingerprint density at radius 3 is 2.55 bits per heavy atom. The summed E-state index contributed by atoms with van der Waals surface area (Å²) in [7, 11) is 0. The number of rotatable bonds is 3. The number of hydrogen-bond donors (Lipinski definition) is 2. The second-order valence-corrected chi connectivity index (χ2v) is 5.27. The van der Waals surface area contributed by atoms with Crippen molar-refractivity contribution in [1.29, 1.82) is 0 Å². The van der Waals surface area contributed by atoms with E-state index >= 15 is 0 Å². The van der Waals surface area contributed by atoms with Crippen LogP contribution in [0.5, 0.6) is 0 Å². The molecule has 0 fully saturated rings. The minimum atomic E-state index is -1.35.